The summed E-state index contributed by atoms with van der Waals surface area (Å²) in [5.41, 5.74) is 2.49. The number of aliphatic hydroxyl groups is 1. The highest BCUT2D eigenvalue weighted by Crippen LogP contribution is 2.34. The lowest BCUT2D eigenvalue weighted by molar-refractivity contribution is 0.248. The van der Waals surface area contributed by atoms with E-state index in [0.29, 0.717) is 5.95 Å². The highest BCUT2D eigenvalue weighted by Gasteiger charge is 2.21. The number of anilines is 2. The van der Waals surface area contributed by atoms with Crippen LogP contribution in [0.1, 0.15) is 25.0 Å². The Morgan fingerprint density at radius 3 is 2.52 bits per heavy atom. The van der Waals surface area contributed by atoms with Crippen molar-refractivity contribution >= 4 is 11.8 Å². The zero-order valence-electron chi connectivity index (χ0n) is 16.4. The van der Waals surface area contributed by atoms with Gasteiger partial charge >= 0.3 is 0 Å². The summed E-state index contributed by atoms with van der Waals surface area (Å²) in [4.78, 5) is 11.2. The highest BCUT2D eigenvalue weighted by molar-refractivity contribution is 5.52. The number of nitrogens with one attached hydrogen (secondary N) is 1. The van der Waals surface area contributed by atoms with Gasteiger partial charge in [-0.2, -0.15) is 4.98 Å². The summed E-state index contributed by atoms with van der Waals surface area (Å²) in [7, 11) is 3.31. The lowest BCUT2D eigenvalue weighted by Crippen LogP contribution is -2.33. The van der Waals surface area contributed by atoms with Crippen LogP contribution >= 0.6 is 0 Å². The van der Waals surface area contributed by atoms with Gasteiger partial charge in [-0.25, -0.2) is 4.98 Å². The molecule has 0 aliphatic carbocycles. The van der Waals surface area contributed by atoms with Gasteiger partial charge in [0.25, 0.3) is 0 Å². The molecule has 2 N–H and O–H groups in total. The SMILES string of the molecule is COc1cc2c(cc1OC)CN(c1ccnc(N[C@H](CO)C(C)C)n1)CC2. The monoisotopic (exact) mass is 372 g/mol. The van der Waals surface area contributed by atoms with E-state index in [4.69, 9.17) is 9.47 Å². The minimum absolute atomic E-state index is 0.0456. The Morgan fingerprint density at radius 1 is 1.19 bits per heavy atom. The largest absolute Gasteiger partial charge is 0.493 e. The smallest absolute Gasteiger partial charge is 0.224 e. The standard InChI is InChI=1S/C20H28N4O3/c1-13(2)16(12-25)22-20-21-7-5-19(23-20)24-8-6-14-9-17(26-3)18(27-4)10-15(14)11-24/h5,7,9-10,13,16,25H,6,8,11-12H2,1-4H3,(H,21,22,23)/t16-/m1/s1. The Hall–Kier alpha value is -2.54. The van der Waals surface area contributed by atoms with Gasteiger partial charge in [-0.15, -0.1) is 0 Å². The predicted octanol–water partition coefficient (Wildman–Crippen LogP) is 2.49. The summed E-state index contributed by atoms with van der Waals surface area (Å²) in [5, 5.41) is 12.8. The van der Waals surface area contributed by atoms with Crippen LogP contribution in [0.15, 0.2) is 24.4 Å². The molecule has 0 saturated heterocycles. The Morgan fingerprint density at radius 2 is 1.89 bits per heavy atom. The summed E-state index contributed by atoms with van der Waals surface area (Å²) < 4.78 is 10.8. The predicted molar refractivity (Wildman–Crippen MR) is 106 cm³/mol. The zero-order valence-corrected chi connectivity index (χ0v) is 16.4. The number of aliphatic hydroxyl groups excluding tert-OH is 1. The van der Waals surface area contributed by atoms with Crippen LogP contribution < -0.4 is 19.7 Å². The Bertz CT molecular complexity index is 782. The number of fused-ring (bicyclic) bond motifs is 1. The van der Waals surface area contributed by atoms with Gasteiger partial charge < -0.3 is 24.8 Å². The van der Waals surface area contributed by atoms with Crippen molar-refractivity contribution in [3.63, 3.8) is 0 Å². The maximum atomic E-state index is 9.53. The molecule has 7 heteroatoms. The minimum atomic E-state index is -0.0703. The van der Waals surface area contributed by atoms with E-state index in [2.05, 4.69) is 40.1 Å². The van der Waals surface area contributed by atoms with Gasteiger partial charge in [-0.05, 0) is 41.7 Å². The lowest BCUT2D eigenvalue weighted by atomic mass is 9.99. The van der Waals surface area contributed by atoms with E-state index in [1.807, 2.05) is 12.1 Å². The zero-order chi connectivity index (χ0) is 19.4. The molecule has 0 unspecified atom stereocenters. The van der Waals surface area contributed by atoms with Crippen molar-refractivity contribution in [1.82, 2.24) is 9.97 Å². The molecule has 1 atom stereocenters. The van der Waals surface area contributed by atoms with Crippen LogP contribution in [0.2, 0.25) is 0 Å². The van der Waals surface area contributed by atoms with Gasteiger partial charge in [0.1, 0.15) is 5.82 Å². The van der Waals surface area contributed by atoms with Crippen molar-refractivity contribution < 1.29 is 14.6 Å². The van der Waals surface area contributed by atoms with Crippen molar-refractivity contribution in [2.24, 2.45) is 5.92 Å². The van der Waals surface area contributed by atoms with E-state index < -0.39 is 0 Å². The molecule has 0 fully saturated rings. The molecule has 7 nitrogen and oxygen atoms in total. The first-order valence-electron chi connectivity index (χ1n) is 9.24. The maximum absolute atomic E-state index is 9.53. The summed E-state index contributed by atoms with van der Waals surface area (Å²) in [5.74, 6) is 3.20. The summed E-state index contributed by atoms with van der Waals surface area (Å²) in [6.45, 7) is 5.78. The number of nitrogens with zero attached hydrogens (tertiary/aromatic N) is 3. The molecule has 2 heterocycles. The number of methoxy groups -OCH3 is 2. The lowest BCUT2D eigenvalue weighted by Gasteiger charge is -2.30. The minimum Gasteiger partial charge on any atom is -0.493 e. The number of rotatable bonds is 7. The number of ether oxygens (including phenoxy) is 2. The molecule has 1 aromatic heterocycles. The fraction of sp³-hybridized carbons (Fsp3) is 0.500. The quantitative estimate of drug-likeness (QED) is 0.773. The summed E-state index contributed by atoms with van der Waals surface area (Å²) in [6.07, 6.45) is 2.66. The van der Waals surface area contributed by atoms with Crippen LogP contribution in [0.4, 0.5) is 11.8 Å². The molecule has 0 amide bonds. The van der Waals surface area contributed by atoms with Crippen LogP contribution in [0, 0.1) is 5.92 Å². The third kappa shape index (κ3) is 4.24. The van der Waals surface area contributed by atoms with Crippen LogP contribution in [0.3, 0.4) is 0 Å². The molecule has 146 valence electrons. The van der Waals surface area contributed by atoms with Crippen molar-refractivity contribution in [2.75, 3.05) is 37.6 Å². The second kappa shape index (κ2) is 8.43. The van der Waals surface area contributed by atoms with Gasteiger partial charge in [0, 0.05) is 19.3 Å². The Balaban J connectivity index is 1.80. The highest BCUT2D eigenvalue weighted by atomic mass is 16.5. The van der Waals surface area contributed by atoms with E-state index in [-0.39, 0.29) is 18.6 Å². The van der Waals surface area contributed by atoms with E-state index >= 15 is 0 Å². The van der Waals surface area contributed by atoms with Gasteiger partial charge in [0.2, 0.25) is 5.95 Å². The molecule has 0 spiro atoms. The number of aromatic nitrogens is 2. The molecule has 0 bridgehead atoms. The third-order valence-electron chi connectivity index (χ3n) is 5.00. The summed E-state index contributed by atoms with van der Waals surface area (Å²) in [6, 6.07) is 5.95. The van der Waals surface area contributed by atoms with Crippen LogP contribution in [-0.4, -0.2) is 48.5 Å². The summed E-state index contributed by atoms with van der Waals surface area (Å²) >= 11 is 0. The number of benzene rings is 1. The molecule has 1 aliphatic rings. The van der Waals surface area contributed by atoms with E-state index in [1.165, 1.54) is 11.1 Å². The van der Waals surface area contributed by atoms with Crippen LogP contribution in [0.25, 0.3) is 0 Å². The van der Waals surface area contributed by atoms with Gasteiger partial charge in [0.15, 0.2) is 11.5 Å². The molecule has 0 saturated carbocycles. The third-order valence-corrected chi connectivity index (χ3v) is 5.00. The van der Waals surface area contributed by atoms with Crippen molar-refractivity contribution in [3.05, 3.63) is 35.5 Å². The average Bonchev–Trinajstić information content (AvgIpc) is 2.70. The van der Waals surface area contributed by atoms with Crippen molar-refractivity contribution in [1.29, 1.82) is 0 Å². The van der Waals surface area contributed by atoms with E-state index in [0.717, 1.165) is 36.8 Å². The first-order chi connectivity index (χ1) is 13.0. The molecular formula is C20H28N4O3. The normalized spacial score (nSPS) is 14.7. The average molecular weight is 372 g/mol. The van der Waals surface area contributed by atoms with Crippen LogP contribution in [-0.2, 0) is 13.0 Å². The van der Waals surface area contributed by atoms with E-state index in [1.54, 1.807) is 20.4 Å². The number of hydrogen-bond donors (Lipinski definition) is 2. The number of hydrogen-bond acceptors (Lipinski definition) is 7. The first kappa shape index (κ1) is 19.2. The topological polar surface area (TPSA) is 79.7 Å². The molecule has 3 rings (SSSR count). The molecule has 1 aromatic carbocycles. The van der Waals surface area contributed by atoms with Crippen LogP contribution in [0.5, 0.6) is 11.5 Å². The maximum Gasteiger partial charge on any atom is 0.224 e. The van der Waals surface area contributed by atoms with Gasteiger partial charge in [0.05, 0.1) is 26.9 Å². The van der Waals surface area contributed by atoms with E-state index in [9.17, 15) is 5.11 Å². The second-order valence-corrected chi connectivity index (χ2v) is 7.06. The molecule has 1 aliphatic heterocycles. The molecule has 0 radical (unpaired) electrons. The Labute approximate surface area is 160 Å². The fourth-order valence-corrected chi connectivity index (χ4v) is 3.26. The van der Waals surface area contributed by atoms with Crippen molar-refractivity contribution in [2.45, 2.75) is 32.9 Å². The first-order valence-corrected chi connectivity index (χ1v) is 9.24. The van der Waals surface area contributed by atoms with Gasteiger partial charge in [-0.3, -0.25) is 0 Å². The van der Waals surface area contributed by atoms with Gasteiger partial charge in [-0.1, -0.05) is 13.8 Å². The molecular weight excluding hydrogens is 344 g/mol. The molecule has 27 heavy (non-hydrogen) atoms. The Kier molecular flexibility index (Phi) is 6.01. The fourth-order valence-electron chi connectivity index (χ4n) is 3.26. The molecule has 2 aromatic rings. The second-order valence-electron chi connectivity index (χ2n) is 7.06. The van der Waals surface area contributed by atoms with Crippen molar-refractivity contribution in [3.8, 4) is 11.5 Å².